The molecule has 2 heterocycles. The maximum absolute atomic E-state index is 10.9. The summed E-state index contributed by atoms with van der Waals surface area (Å²) >= 11 is 0. The minimum Gasteiger partial charge on any atom is -0.382 e. The van der Waals surface area contributed by atoms with Crippen molar-refractivity contribution in [3.8, 4) is 5.88 Å². The normalized spacial score (nSPS) is 31.4. The van der Waals surface area contributed by atoms with Gasteiger partial charge in [-0.3, -0.25) is 0 Å². The van der Waals surface area contributed by atoms with Crippen molar-refractivity contribution in [3.05, 3.63) is 11.8 Å². The van der Waals surface area contributed by atoms with E-state index < -0.39 is 0 Å². The second kappa shape index (κ2) is 5.95. The molecule has 1 aromatic heterocycles. The van der Waals surface area contributed by atoms with Crippen LogP contribution in [0.25, 0.3) is 0 Å². The number of nitrogens with zero attached hydrogens (tertiary/aromatic N) is 2. The average Bonchev–Trinajstić information content (AvgIpc) is 3.09. The molecule has 0 unspecified atom stereocenters. The third-order valence-corrected chi connectivity index (χ3v) is 4.54. The summed E-state index contributed by atoms with van der Waals surface area (Å²) in [4.78, 5) is 16.6. The van der Waals surface area contributed by atoms with Gasteiger partial charge >= 0.3 is 0 Å². The molecular formula is C15H22N2O3. The van der Waals surface area contributed by atoms with Gasteiger partial charge in [-0.25, -0.2) is 0 Å². The Balaban J connectivity index is 1.60. The fraction of sp³-hybridized carbons (Fsp3) is 0.733. The van der Waals surface area contributed by atoms with E-state index in [1.54, 1.807) is 5.06 Å². The zero-order chi connectivity index (χ0) is 13.9. The number of carbonyl (C=O) groups excluding carboxylic acids is 1. The van der Waals surface area contributed by atoms with E-state index >= 15 is 0 Å². The zero-order valence-corrected chi connectivity index (χ0v) is 12.0. The lowest BCUT2D eigenvalue weighted by Crippen LogP contribution is -2.33. The molecule has 2 aliphatic rings. The van der Waals surface area contributed by atoms with Crippen molar-refractivity contribution in [2.24, 2.45) is 5.92 Å². The predicted molar refractivity (Wildman–Crippen MR) is 73.3 cm³/mol. The highest BCUT2D eigenvalue weighted by atomic mass is 16.7. The predicted octanol–water partition coefficient (Wildman–Crippen LogP) is 2.93. The summed E-state index contributed by atoms with van der Waals surface area (Å²) in [6.07, 6.45) is 7.61. The molecule has 0 N–H and O–H groups in total. The number of hydroxylamine groups is 2. The van der Waals surface area contributed by atoms with Crippen LogP contribution in [0.4, 0.5) is 0 Å². The van der Waals surface area contributed by atoms with E-state index in [0.29, 0.717) is 11.8 Å². The van der Waals surface area contributed by atoms with Crippen LogP contribution in [0.5, 0.6) is 5.88 Å². The molecule has 1 saturated heterocycles. The highest BCUT2D eigenvalue weighted by Gasteiger charge is 2.28. The number of aromatic nitrogens is 1. The van der Waals surface area contributed by atoms with E-state index in [1.807, 2.05) is 6.07 Å². The van der Waals surface area contributed by atoms with Crippen molar-refractivity contribution in [2.75, 3.05) is 6.54 Å². The molecule has 5 nitrogen and oxygen atoms in total. The Labute approximate surface area is 119 Å². The van der Waals surface area contributed by atoms with Crippen LogP contribution in [0, 0.1) is 5.92 Å². The van der Waals surface area contributed by atoms with Gasteiger partial charge in [-0.1, -0.05) is 19.8 Å². The van der Waals surface area contributed by atoms with E-state index in [2.05, 4.69) is 12.1 Å². The maximum Gasteiger partial charge on any atom is 0.277 e. The first kappa shape index (κ1) is 13.6. The Hall–Kier alpha value is -1.36. The summed E-state index contributed by atoms with van der Waals surface area (Å²) in [5.74, 6) is 2.69. The van der Waals surface area contributed by atoms with E-state index in [1.165, 1.54) is 12.8 Å². The van der Waals surface area contributed by atoms with Gasteiger partial charge in [0.2, 0.25) is 0 Å². The molecule has 3 rings (SSSR count). The Morgan fingerprint density at radius 2 is 2.15 bits per heavy atom. The summed E-state index contributed by atoms with van der Waals surface area (Å²) < 4.78 is 5.43. The Kier molecular flexibility index (Phi) is 4.05. The van der Waals surface area contributed by atoms with Crippen LogP contribution in [0.15, 0.2) is 10.6 Å². The van der Waals surface area contributed by atoms with Crippen LogP contribution >= 0.6 is 0 Å². The first-order chi connectivity index (χ1) is 9.76. The topological polar surface area (TPSA) is 55.6 Å². The van der Waals surface area contributed by atoms with Gasteiger partial charge < -0.3 is 14.2 Å². The summed E-state index contributed by atoms with van der Waals surface area (Å²) in [5.41, 5.74) is 0. The van der Waals surface area contributed by atoms with Crippen LogP contribution in [-0.2, 0) is 4.79 Å². The highest BCUT2D eigenvalue weighted by Crippen LogP contribution is 2.36. The zero-order valence-electron chi connectivity index (χ0n) is 12.0. The summed E-state index contributed by atoms with van der Waals surface area (Å²) in [6, 6.07) is 1.74. The Morgan fingerprint density at radius 1 is 1.35 bits per heavy atom. The molecule has 0 aromatic carbocycles. The van der Waals surface area contributed by atoms with Crippen molar-refractivity contribution in [3.63, 3.8) is 0 Å². The SMILES string of the molecule is CC1CCC(c2cc(ON3CCC[C@H]3C=O)no2)CC1. The molecule has 110 valence electrons. The number of rotatable bonds is 4. The van der Waals surface area contributed by atoms with E-state index in [4.69, 9.17) is 9.36 Å². The molecule has 1 aliphatic heterocycles. The monoisotopic (exact) mass is 278 g/mol. The molecule has 0 bridgehead atoms. The smallest absolute Gasteiger partial charge is 0.277 e. The maximum atomic E-state index is 10.9. The largest absolute Gasteiger partial charge is 0.382 e. The van der Waals surface area contributed by atoms with Crippen molar-refractivity contribution >= 4 is 6.29 Å². The van der Waals surface area contributed by atoms with Crippen molar-refractivity contribution in [1.82, 2.24) is 10.2 Å². The molecule has 1 atom stereocenters. The number of carbonyl (C=O) groups is 1. The number of hydrogen-bond donors (Lipinski definition) is 0. The van der Waals surface area contributed by atoms with Gasteiger partial charge in [0.15, 0.2) is 0 Å². The van der Waals surface area contributed by atoms with Crippen LogP contribution in [0.2, 0.25) is 0 Å². The molecule has 20 heavy (non-hydrogen) atoms. The van der Waals surface area contributed by atoms with Crippen LogP contribution < -0.4 is 4.84 Å². The van der Waals surface area contributed by atoms with Gasteiger partial charge in [-0.15, -0.1) is 5.06 Å². The second-order valence-corrected chi connectivity index (χ2v) is 6.10. The molecule has 1 aromatic rings. The minimum absolute atomic E-state index is 0.148. The van der Waals surface area contributed by atoms with Gasteiger partial charge in [0.1, 0.15) is 18.1 Å². The van der Waals surface area contributed by atoms with Gasteiger partial charge in [-0.05, 0) is 36.8 Å². The first-order valence-corrected chi connectivity index (χ1v) is 7.63. The third-order valence-electron chi connectivity index (χ3n) is 4.54. The van der Waals surface area contributed by atoms with Crippen molar-refractivity contribution < 1.29 is 14.2 Å². The van der Waals surface area contributed by atoms with Crippen molar-refractivity contribution in [1.29, 1.82) is 0 Å². The molecule has 0 amide bonds. The summed E-state index contributed by atoms with van der Waals surface area (Å²) in [5, 5.41) is 5.69. The van der Waals surface area contributed by atoms with E-state index in [9.17, 15) is 4.79 Å². The Morgan fingerprint density at radius 3 is 2.90 bits per heavy atom. The number of aldehydes is 1. The standard InChI is InChI=1S/C15H22N2O3/c1-11-4-6-12(7-5-11)14-9-15(16-19-14)20-17-8-2-3-13(17)10-18/h9-13H,2-8H2,1H3/t11?,12?,13-/m0/s1. The second-order valence-electron chi connectivity index (χ2n) is 6.10. The molecule has 1 saturated carbocycles. The average molecular weight is 278 g/mol. The quantitative estimate of drug-likeness (QED) is 0.793. The fourth-order valence-electron chi connectivity index (χ4n) is 3.19. The fourth-order valence-corrected chi connectivity index (χ4v) is 3.19. The lowest BCUT2D eigenvalue weighted by molar-refractivity contribution is -0.125. The molecule has 0 spiro atoms. The molecule has 0 radical (unpaired) electrons. The van der Waals surface area contributed by atoms with Gasteiger partial charge in [0, 0.05) is 18.5 Å². The molecule has 1 aliphatic carbocycles. The third kappa shape index (κ3) is 2.87. The van der Waals surface area contributed by atoms with Crippen molar-refractivity contribution in [2.45, 2.75) is 57.4 Å². The van der Waals surface area contributed by atoms with Gasteiger partial charge in [0.05, 0.1) is 0 Å². The number of hydrogen-bond acceptors (Lipinski definition) is 5. The van der Waals surface area contributed by atoms with Gasteiger partial charge in [-0.2, -0.15) is 0 Å². The summed E-state index contributed by atoms with van der Waals surface area (Å²) in [6.45, 7) is 3.07. The van der Waals surface area contributed by atoms with E-state index in [0.717, 1.165) is 50.2 Å². The molecule has 2 fully saturated rings. The first-order valence-electron chi connectivity index (χ1n) is 7.63. The van der Waals surface area contributed by atoms with Crippen LogP contribution in [0.1, 0.15) is 57.1 Å². The van der Waals surface area contributed by atoms with Crippen LogP contribution in [0.3, 0.4) is 0 Å². The van der Waals surface area contributed by atoms with E-state index in [-0.39, 0.29) is 6.04 Å². The lowest BCUT2D eigenvalue weighted by atomic mass is 9.82. The molecule has 5 heteroatoms. The molecular weight excluding hydrogens is 256 g/mol. The minimum atomic E-state index is -0.148. The highest BCUT2D eigenvalue weighted by molar-refractivity contribution is 5.57. The Bertz CT molecular complexity index is 452. The summed E-state index contributed by atoms with van der Waals surface area (Å²) in [7, 11) is 0. The van der Waals surface area contributed by atoms with Gasteiger partial charge in [0.25, 0.3) is 5.88 Å². The van der Waals surface area contributed by atoms with Crippen LogP contribution in [-0.4, -0.2) is 29.1 Å². The lowest BCUT2D eigenvalue weighted by Gasteiger charge is -2.23.